The molecule has 1 fully saturated rings. The fraction of sp³-hybridized carbons (Fsp3) is 0.524. The molecule has 2 aromatic carbocycles. The van der Waals surface area contributed by atoms with Crippen molar-refractivity contribution in [3.63, 3.8) is 0 Å². The van der Waals surface area contributed by atoms with Gasteiger partial charge >= 0.3 is 0 Å². The molecule has 117 valence electrons. The molecule has 1 aliphatic carbocycles. The van der Waals surface area contributed by atoms with E-state index in [1.807, 2.05) is 0 Å². The first-order chi connectivity index (χ1) is 10.9. The number of benzene rings is 2. The molecule has 0 N–H and O–H groups in total. The van der Waals surface area contributed by atoms with Crippen molar-refractivity contribution in [3.05, 3.63) is 42.5 Å². The summed E-state index contributed by atoms with van der Waals surface area (Å²) in [4.78, 5) is 0. The minimum Gasteiger partial charge on any atom is -0.0616 e. The van der Waals surface area contributed by atoms with Gasteiger partial charge in [-0.2, -0.15) is 0 Å². The van der Waals surface area contributed by atoms with Crippen LogP contribution in [0.5, 0.6) is 0 Å². The van der Waals surface area contributed by atoms with Crippen LogP contribution in [0.3, 0.4) is 0 Å². The largest absolute Gasteiger partial charge is 0.0616 e. The van der Waals surface area contributed by atoms with Crippen molar-refractivity contribution < 1.29 is 0 Å². The van der Waals surface area contributed by atoms with E-state index < -0.39 is 0 Å². The zero-order valence-corrected chi connectivity index (χ0v) is 14.5. The Morgan fingerprint density at radius 1 is 0.636 bits per heavy atom. The Morgan fingerprint density at radius 2 is 1.23 bits per heavy atom. The number of fused-ring (bicyclic) bond motifs is 1. The molecular formula is C21H28P. The van der Waals surface area contributed by atoms with Gasteiger partial charge in [-0.25, -0.2) is 0 Å². The second kappa shape index (κ2) is 8.68. The summed E-state index contributed by atoms with van der Waals surface area (Å²) in [6.07, 6.45) is 14.4. The van der Waals surface area contributed by atoms with Crippen LogP contribution < -0.4 is 5.30 Å². The first-order valence-electron chi connectivity index (χ1n) is 9.12. The molecule has 0 saturated heterocycles. The molecule has 1 radical (unpaired) electrons. The van der Waals surface area contributed by atoms with Gasteiger partial charge in [0.25, 0.3) is 0 Å². The average Bonchev–Trinajstić information content (AvgIpc) is 2.61. The highest BCUT2D eigenvalue weighted by molar-refractivity contribution is 7.48. The summed E-state index contributed by atoms with van der Waals surface area (Å²) in [6, 6.07) is 15.7. The topological polar surface area (TPSA) is 0 Å². The molecule has 1 saturated carbocycles. The highest BCUT2D eigenvalue weighted by Gasteiger charge is 2.13. The molecule has 1 heteroatoms. The quantitative estimate of drug-likeness (QED) is 0.542. The Kier molecular flexibility index (Phi) is 6.32. The SMILES string of the molecule is c1ccc2c([P]C3CCCCCCCCCC3)cccc2c1. The lowest BCUT2D eigenvalue weighted by Gasteiger charge is -2.17. The van der Waals surface area contributed by atoms with Crippen molar-refractivity contribution in [2.75, 3.05) is 0 Å². The van der Waals surface area contributed by atoms with Crippen LogP contribution in [0.15, 0.2) is 42.5 Å². The Morgan fingerprint density at radius 3 is 1.95 bits per heavy atom. The summed E-state index contributed by atoms with van der Waals surface area (Å²) in [7, 11) is 1.57. The zero-order valence-electron chi connectivity index (χ0n) is 13.6. The van der Waals surface area contributed by atoms with Crippen LogP contribution in [0.4, 0.5) is 0 Å². The number of hydrogen-bond acceptors (Lipinski definition) is 0. The van der Waals surface area contributed by atoms with Crippen LogP contribution in [-0.2, 0) is 0 Å². The van der Waals surface area contributed by atoms with Crippen LogP contribution >= 0.6 is 8.58 Å². The molecule has 0 nitrogen and oxygen atoms in total. The molecule has 2 aromatic rings. The monoisotopic (exact) mass is 311 g/mol. The van der Waals surface area contributed by atoms with Crippen LogP contribution in [0.1, 0.15) is 64.2 Å². The molecule has 0 aliphatic heterocycles. The molecule has 3 rings (SSSR count). The maximum Gasteiger partial charge on any atom is -0.0103 e. The van der Waals surface area contributed by atoms with Crippen LogP contribution in [-0.4, -0.2) is 5.66 Å². The van der Waals surface area contributed by atoms with E-state index in [0.717, 1.165) is 5.66 Å². The third-order valence-electron chi connectivity index (χ3n) is 4.91. The van der Waals surface area contributed by atoms with Crippen molar-refractivity contribution in [2.45, 2.75) is 69.9 Å². The van der Waals surface area contributed by atoms with Crippen LogP contribution in [0.2, 0.25) is 0 Å². The minimum absolute atomic E-state index is 0.865. The summed E-state index contributed by atoms with van der Waals surface area (Å²) in [5, 5.41) is 4.39. The molecule has 1 aliphatic rings. The fourth-order valence-electron chi connectivity index (χ4n) is 3.61. The predicted molar refractivity (Wildman–Crippen MR) is 100 cm³/mol. The van der Waals surface area contributed by atoms with Gasteiger partial charge in [0, 0.05) is 0 Å². The van der Waals surface area contributed by atoms with Gasteiger partial charge in [0.05, 0.1) is 0 Å². The number of rotatable bonds is 2. The van der Waals surface area contributed by atoms with Gasteiger partial charge < -0.3 is 0 Å². The van der Waals surface area contributed by atoms with E-state index in [0.29, 0.717) is 0 Å². The van der Waals surface area contributed by atoms with Crippen molar-refractivity contribution in [3.8, 4) is 0 Å². The molecule has 0 spiro atoms. The van der Waals surface area contributed by atoms with E-state index in [1.165, 1.54) is 80.3 Å². The fourth-order valence-corrected chi connectivity index (χ4v) is 5.14. The maximum atomic E-state index is 2.34. The van der Waals surface area contributed by atoms with Gasteiger partial charge in [0.15, 0.2) is 0 Å². The van der Waals surface area contributed by atoms with E-state index in [4.69, 9.17) is 0 Å². The molecule has 0 heterocycles. The summed E-state index contributed by atoms with van der Waals surface area (Å²) in [5.41, 5.74) is 0.865. The van der Waals surface area contributed by atoms with E-state index in [-0.39, 0.29) is 0 Å². The third-order valence-corrected chi connectivity index (χ3v) is 6.46. The average molecular weight is 311 g/mol. The van der Waals surface area contributed by atoms with Crippen molar-refractivity contribution >= 4 is 24.7 Å². The minimum atomic E-state index is 0.865. The smallest absolute Gasteiger partial charge is 0.0103 e. The van der Waals surface area contributed by atoms with Gasteiger partial charge in [-0.1, -0.05) is 93.8 Å². The highest BCUT2D eigenvalue weighted by atomic mass is 31.1. The second-order valence-corrected chi connectivity index (χ2v) is 8.16. The van der Waals surface area contributed by atoms with Crippen LogP contribution in [0, 0.1) is 0 Å². The van der Waals surface area contributed by atoms with Gasteiger partial charge in [0.2, 0.25) is 0 Å². The summed E-state index contributed by atoms with van der Waals surface area (Å²) >= 11 is 0. The lowest BCUT2D eigenvalue weighted by atomic mass is 10.1. The van der Waals surface area contributed by atoms with E-state index >= 15 is 0 Å². The lowest BCUT2D eigenvalue weighted by Crippen LogP contribution is -2.08. The second-order valence-electron chi connectivity index (χ2n) is 6.69. The molecule has 0 atom stereocenters. The summed E-state index contributed by atoms with van der Waals surface area (Å²) < 4.78 is 0. The molecule has 0 aromatic heterocycles. The Hall–Kier alpha value is -0.870. The maximum absolute atomic E-state index is 2.34. The molecular weight excluding hydrogens is 283 g/mol. The van der Waals surface area contributed by atoms with Gasteiger partial charge in [0.1, 0.15) is 0 Å². The van der Waals surface area contributed by atoms with Gasteiger partial charge in [-0.15, -0.1) is 0 Å². The number of hydrogen-bond donors (Lipinski definition) is 0. The van der Waals surface area contributed by atoms with E-state index in [2.05, 4.69) is 42.5 Å². The predicted octanol–water partition coefficient (Wildman–Crippen LogP) is 6.69. The zero-order chi connectivity index (χ0) is 15.0. The van der Waals surface area contributed by atoms with Crippen LogP contribution in [0.25, 0.3) is 10.8 Å². The molecule has 0 amide bonds. The summed E-state index contributed by atoms with van der Waals surface area (Å²) in [6.45, 7) is 0. The standard InChI is InChI=1S/C21H28P/c1-2-4-6-8-15-19(14-7-5-3-1)22-21-17-11-13-18-12-9-10-16-20(18)21/h9-13,16-17,19H,1-8,14-15H2. The lowest BCUT2D eigenvalue weighted by molar-refractivity contribution is 0.585. The van der Waals surface area contributed by atoms with E-state index in [1.54, 1.807) is 8.58 Å². The highest BCUT2D eigenvalue weighted by Crippen LogP contribution is 2.32. The van der Waals surface area contributed by atoms with Crippen molar-refractivity contribution in [1.29, 1.82) is 0 Å². The van der Waals surface area contributed by atoms with Gasteiger partial charge in [-0.3, -0.25) is 0 Å². The normalized spacial score (nSPS) is 19.5. The Bertz CT molecular complexity index is 558. The summed E-state index contributed by atoms with van der Waals surface area (Å²) in [5.74, 6) is 0. The Labute approximate surface area is 137 Å². The van der Waals surface area contributed by atoms with Gasteiger partial charge in [-0.05, 0) is 43.2 Å². The Balaban J connectivity index is 1.70. The first kappa shape index (κ1) is 16.0. The van der Waals surface area contributed by atoms with Crippen molar-refractivity contribution in [1.82, 2.24) is 0 Å². The molecule has 0 unspecified atom stereocenters. The first-order valence-corrected chi connectivity index (χ1v) is 10.1. The van der Waals surface area contributed by atoms with E-state index in [9.17, 15) is 0 Å². The molecule has 0 bridgehead atoms. The molecule has 22 heavy (non-hydrogen) atoms. The third kappa shape index (κ3) is 4.56. The van der Waals surface area contributed by atoms with Crippen molar-refractivity contribution in [2.24, 2.45) is 0 Å².